The number of ether oxygens (including phenoxy) is 1. The number of rotatable bonds is 4. The highest BCUT2D eigenvalue weighted by molar-refractivity contribution is 7.13. The average molecular weight is 272 g/mol. The smallest absolute Gasteiger partial charge is 0.330 e. The maximum Gasteiger partial charge on any atom is 0.330 e. The lowest BCUT2D eigenvalue weighted by Gasteiger charge is -2.03. The lowest BCUT2D eigenvalue weighted by molar-refractivity contribution is -0.134. The molecule has 0 aliphatic rings. The Morgan fingerprint density at radius 1 is 1.26 bits per heavy atom. The number of esters is 1. The van der Waals surface area contributed by atoms with Crippen molar-refractivity contribution in [1.82, 2.24) is 0 Å². The molecular weight excluding hydrogens is 256 g/mol. The van der Waals surface area contributed by atoms with Crippen molar-refractivity contribution in [2.75, 3.05) is 7.11 Å². The lowest BCUT2D eigenvalue weighted by atomic mass is 10.0. The number of hydrogen-bond donors (Lipinski definition) is 0. The summed E-state index contributed by atoms with van der Waals surface area (Å²) in [6.07, 6.45) is 2.30. The van der Waals surface area contributed by atoms with Crippen LogP contribution < -0.4 is 0 Å². The number of hydrogen-bond acceptors (Lipinski definition) is 3. The molecule has 2 rings (SSSR count). The Bertz CT molecular complexity index is 565. The van der Waals surface area contributed by atoms with Crippen molar-refractivity contribution in [2.24, 2.45) is 0 Å². The molecule has 0 aliphatic heterocycles. The molecule has 19 heavy (non-hydrogen) atoms. The van der Waals surface area contributed by atoms with E-state index in [1.165, 1.54) is 29.2 Å². The van der Waals surface area contributed by atoms with E-state index >= 15 is 0 Å². The Morgan fingerprint density at radius 2 is 2.00 bits per heavy atom. The van der Waals surface area contributed by atoms with Gasteiger partial charge in [-0.25, -0.2) is 4.79 Å². The van der Waals surface area contributed by atoms with Crippen LogP contribution in [0.25, 0.3) is 10.4 Å². The fraction of sp³-hybridized carbons (Fsp3) is 0.188. The molecule has 0 radical (unpaired) electrons. The molecule has 0 aliphatic carbocycles. The Balaban J connectivity index is 2.07. The lowest BCUT2D eigenvalue weighted by Crippen LogP contribution is -1.97. The number of carbonyl (C=O) groups excluding carboxylic acids is 1. The molecule has 2 nitrogen and oxygen atoms in total. The van der Waals surface area contributed by atoms with Crippen molar-refractivity contribution in [1.29, 1.82) is 0 Å². The third-order valence-electron chi connectivity index (χ3n) is 2.81. The van der Waals surface area contributed by atoms with Crippen molar-refractivity contribution in [2.45, 2.75) is 13.3 Å². The number of thiophene rings is 1. The third kappa shape index (κ3) is 3.80. The van der Waals surface area contributed by atoms with Crippen LogP contribution in [0.2, 0.25) is 0 Å². The summed E-state index contributed by atoms with van der Waals surface area (Å²) in [6.45, 7) is 1.93. The van der Waals surface area contributed by atoms with E-state index in [1.807, 2.05) is 6.92 Å². The Hall–Kier alpha value is -1.87. The van der Waals surface area contributed by atoms with Gasteiger partial charge in [0, 0.05) is 11.0 Å². The minimum Gasteiger partial charge on any atom is -0.466 e. The minimum atomic E-state index is -0.298. The van der Waals surface area contributed by atoms with Crippen LogP contribution in [0.15, 0.2) is 53.4 Å². The summed E-state index contributed by atoms with van der Waals surface area (Å²) in [7, 11) is 1.39. The summed E-state index contributed by atoms with van der Waals surface area (Å²) >= 11 is 1.73. The van der Waals surface area contributed by atoms with Crippen molar-refractivity contribution in [3.8, 4) is 10.4 Å². The maximum atomic E-state index is 11.1. The average Bonchev–Trinajstić information content (AvgIpc) is 2.93. The summed E-state index contributed by atoms with van der Waals surface area (Å²) in [5.41, 5.74) is 3.42. The fourth-order valence-electron chi connectivity index (χ4n) is 1.86. The van der Waals surface area contributed by atoms with E-state index < -0.39 is 0 Å². The van der Waals surface area contributed by atoms with Crippen LogP contribution in [0.4, 0.5) is 0 Å². The maximum absolute atomic E-state index is 11.1. The zero-order chi connectivity index (χ0) is 13.7. The van der Waals surface area contributed by atoms with E-state index in [0.717, 1.165) is 12.0 Å². The van der Waals surface area contributed by atoms with Crippen LogP contribution in [-0.2, 0) is 16.0 Å². The van der Waals surface area contributed by atoms with Crippen LogP contribution in [0.1, 0.15) is 12.5 Å². The van der Waals surface area contributed by atoms with Crippen LogP contribution >= 0.6 is 11.3 Å². The zero-order valence-electron chi connectivity index (χ0n) is 11.1. The van der Waals surface area contributed by atoms with E-state index in [0.29, 0.717) is 0 Å². The molecule has 0 amide bonds. The van der Waals surface area contributed by atoms with Crippen LogP contribution in [0.3, 0.4) is 0 Å². The monoisotopic (exact) mass is 272 g/mol. The Morgan fingerprint density at radius 3 is 2.58 bits per heavy atom. The molecule has 1 aromatic carbocycles. The molecule has 0 saturated carbocycles. The van der Waals surface area contributed by atoms with Crippen molar-refractivity contribution in [3.05, 3.63) is 59.0 Å². The van der Waals surface area contributed by atoms with Gasteiger partial charge in [0.2, 0.25) is 0 Å². The zero-order valence-corrected chi connectivity index (χ0v) is 11.9. The van der Waals surface area contributed by atoms with Gasteiger partial charge in [0.25, 0.3) is 0 Å². The van der Waals surface area contributed by atoms with Crippen molar-refractivity contribution in [3.63, 3.8) is 0 Å². The molecule has 98 valence electrons. The van der Waals surface area contributed by atoms with Crippen LogP contribution in [-0.4, -0.2) is 13.1 Å². The molecule has 0 unspecified atom stereocenters. The normalized spacial score (nSPS) is 11.4. The highest BCUT2D eigenvalue weighted by Gasteiger charge is 2.01. The number of methoxy groups -OCH3 is 1. The number of carbonyl (C=O) groups is 1. The van der Waals surface area contributed by atoms with Gasteiger partial charge in [0.1, 0.15) is 0 Å². The first-order valence-electron chi connectivity index (χ1n) is 6.07. The van der Waals surface area contributed by atoms with Crippen molar-refractivity contribution < 1.29 is 9.53 Å². The summed E-state index contributed by atoms with van der Waals surface area (Å²) in [5, 5.41) is 2.08. The van der Waals surface area contributed by atoms with Gasteiger partial charge in [0.15, 0.2) is 0 Å². The highest BCUT2D eigenvalue weighted by Crippen LogP contribution is 2.25. The predicted molar refractivity (Wildman–Crippen MR) is 79.2 cm³/mol. The van der Waals surface area contributed by atoms with Gasteiger partial charge in [-0.3, -0.25) is 0 Å². The second-order valence-electron chi connectivity index (χ2n) is 4.36. The van der Waals surface area contributed by atoms with E-state index in [9.17, 15) is 4.79 Å². The second-order valence-corrected chi connectivity index (χ2v) is 5.31. The van der Waals surface area contributed by atoms with Gasteiger partial charge in [-0.05, 0) is 35.9 Å². The molecule has 0 spiro atoms. The van der Waals surface area contributed by atoms with Gasteiger partial charge in [-0.1, -0.05) is 35.9 Å². The van der Waals surface area contributed by atoms with E-state index in [4.69, 9.17) is 0 Å². The summed E-state index contributed by atoms with van der Waals surface area (Å²) in [6, 6.07) is 12.6. The fourth-order valence-corrected chi connectivity index (χ4v) is 2.60. The quantitative estimate of drug-likeness (QED) is 0.619. The van der Waals surface area contributed by atoms with E-state index in [1.54, 1.807) is 11.3 Å². The van der Waals surface area contributed by atoms with Gasteiger partial charge in [-0.15, -0.1) is 11.3 Å². The van der Waals surface area contributed by atoms with Gasteiger partial charge >= 0.3 is 5.97 Å². The first kappa shape index (κ1) is 13.6. The van der Waals surface area contributed by atoms with Crippen LogP contribution in [0.5, 0.6) is 0 Å². The van der Waals surface area contributed by atoms with Gasteiger partial charge in [-0.2, -0.15) is 0 Å². The number of allylic oxidation sites excluding steroid dienone is 1. The molecule has 3 heteroatoms. The summed E-state index contributed by atoms with van der Waals surface area (Å²) in [4.78, 5) is 12.4. The van der Waals surface area contributed by atoms with E-state index in [-0.39, 0.29) is 5.97 Å². The standard InChI is InChI=1S/C16H16O2S/c1-12(11-16(17)18-2)10-13-5-7-14(8-6-13)15-4-3-9-19-15/h3-9,11H,10H2,1-2H3/b12-11+. The molecular formula is C16H16O2S. The molecule has 0 N–H and O–H groups in total. The first-order valence-corrected chi connectivity index (χ1v) is 6.95. The Labute approximate surface area is 117 Å². The molecule has 1 aromatic heterocycles. The third-order valence-corrected chi connectivity index (χ3v) is 3.73. The van der Waals surface area contributed by atoms with Gasteiger partial charge < -0.3 is 4.74 Å². The molecule has 2 aromatic rings. The topological polar surface area (TPSA) is 26.3 Å². The summed E-state index contributed by atoms with van der Waals surface area (Å²) in [5.74, 6) is -0.298. The molecule has 0 fully saturated rings. The molecule has 1 heterocycles. The van der Waals surface area contributed by atoms with Gasteiger partial charge in [0.05, 0.1) is 7.11 Å². The van der Waals surface area contributed by atoms with E-state index in [2.05, 4.69) is 46.5 Å². The molecule has 0 atom stereocenters. The Kier molecular flexibility index (Phi) is 4.53. The molecule has 0 bridgehead atoms. The van der Waals surface area contributed by atoms with Crippen molar-refractivity contribution >= 4 is 17.3 Å². The first-order chi connectivity index (χ1) is 9.19. The minimum absolute atomic E-state index is 0.298. The van der Waals surface area contributed by atoms with Crippen LogP contribution in [0, 0.1) is 0 Å². The number of benzene rings is 1. The summed E-state index contributed by atoms with van der Waals surface area (Å²) < 4.78 is 4.61. The second kappa shape index (κ2) is 6.34. The highest BCUT2D eigenvalue weighted by atomic mass is 32.1. The molecule has 0 saturated heterocycles. The largest absolute Gasteiger partial charge is 0.466 e. The SMILES string of the molecule is COC(=O)/C=C(\C)Cc1ccc(-c2cccs2)cc1. The predicted octanol–water partition coefficient (Wildman–Crippen LogP) is 4.08.